The number of benzene rings is 1. The summed E-state index contributed by atoms with van der Waals surface area (Å²) in [7, 11) is 1.73. The molecule has 0 fully saturated rings. The van der Waals surface area contributed by atoms with Gasteiger partial charge in [-0.1, -0.05) is 19.1 Å². The van der Waals surface area contributed by atoms with E-state index in [0.717, 1.165) is 31.7 Å². The van der Waals surface area contributed by atoms with Gasteiger partial charge in [-0.15, -0.1) is 0 Å². The number of nitrogens with one attached hydrogen (secondary N) is 1. The summed E-state index contributed by atoms with van der Waals surface area (Å²) in [5.41, 5.74) is 1.44. The Labute approximate surface area is 123 Å². The largest absolute Gasteiger partial charge is 0.489 e. The van der Waals surface area contributed by atoms with Gasteiger partial charge in [0.05, 0.1) is 6.61 Å². The van der Waals surface area contributed by atoms with Crippen molar-refractivity contribution in [3.8, 4) is 5.75 Å². The van der Waals surface area contributed by atoms with Crippen LogP contribution in [0.3, 0.4) is 0 Å². The molecule has 0 saturated heterocycles. The molecule has 0 radical (unpaired) electrons. The fourth-order valence-electron chi connectivity index (χ4n) is 1.77. The Balaban J connectivity index is 2.40. The third kappa shape index (κ3) is 6.40. The molecule has 0 spiro atoms. The van der Waals surface area contributed by atoms with Crippen molar-refractivity contribution in [3.63, 3.8) is 0 Å². The number of methoxy groups -OCH3 is 1. The highest BCUT2D eigenvalue weighted by molar-refractivity contribution is 5.27. The van der Waals surface area contributed by atoms with Crippen molar-refractivity contribution in [2.75, 3.05) is 20.3 Å². The maximum absolute atomic E-state index is 5.92. The summed E-state index contributed by atoms with van der Waals surface area (Å²) in [5, 5.41) is 3.53. The minimum Gasteiger partial charge on any atom is -0.489 e. The molecule has 20 heavy (non-hydrogen) atoms. The zero-order chi connectivity index (χ0) is 15.0. The van der Waals surface area contributed by atoms with Crippen molar-refractivity contribution in [2.45, 2.75) is 52.2 Å². The first-order chi connectivity index (χ1) is 9.46. The second-order valence-corrected chi connectivity index (χ2v) is 5.93. The summed E-state index contributed by atoms with van der Waals surface area (Å²) < 4.78 is 11.0. The SMILES string of the molecule is CCC(C)(C)NCC(C)Oc1ccc(CCOC)cc1. The number of hydrogen-bond acceptors (Lipinski definition) is 3. The highest BCUT2D eigenvalue weighted by Crippen LogP contribution is 2.15. The summed E-state index contributed by atoms with van der Waals surface area (Å²) in [5.74, 6) is 0.926. The molecule has 0 bridgehead atoms. The Morgan fingerprint density at radius 3 is 2.40 bits per heavy atom. The Bertz CT molecular complexity index is 373. The highest BCUT2D eigenvalue weighted by atomic mass is 16.5. The van der Waals surface area contributed by atoms with Gasteiger partial charge in [0, 0.05) is 19.2 Å². The Kier molecular flexibility index (Phi) is 7.03. The predicted molar refractivity (Wildman–Crippen MR) is 84.5 cm³/mol. The molecule has 0 heterocycles. The van der Waals surface area contributed by atoms with E-state index in [4.69, 9.17) is 9.47 Å². The molecule has 3 heteroatoms. The van der Waals surface area contributed by atoms with Gasteiger partial charge in [0.15, 0.2) is 0 Å². The van der Waals surface area contributed by atoms with Crippen LogP contribution < -0.4 is 10.1 Å². The number of hydrogen-bond donors (Lipinski definition) is 1. The van der Waals surface area contributed by atoms with Crippen molar-refractivity contribution in [1.82, 2.24) is 5.32 Å². The van der Waals surface area contributed by atoms with E-state index >= 15 is 0 Å². The summed E-state index contributed by atoms with van der Waals surface area (Å²) in [6.07, 6.45) is 2.21. The molecule has 1 aromatic carbocycles. The van der Waals surface area contributed by atoms with Gasteiger partial charge in [-0.25, -0.2) is 0 Å². The molecule has 0 saturated carbocycles. The average Bonchev–Trinajstić information content (AvgIpc) is 2.45. The Morgan fingerprint density at radius 1 is 1.20 bits per heavy atom. The fourth-order valence-corrected chi connectivity index (χ4v) is 1.77. The van der Waals surface area contributed by atoms with Crippen molar-refractivity contribution >= 4 is 0 Å². The number of ether oxygens (including phenoxy) is 2. The van der Waals surface area contributed by atoms with E-state index in [1.54, 1.807) is 7.11 Å². The Hall–Kier alpha value is -1.06. The van der Waals surface area contributed by atoms with E-state index < -0.39 is 0 Å². The fraction of sp³-hybridized carbons (Fsp3) is 0.647. The molecule has 1 unspecified atom stereocenters. The molecule has 3 nitrogen and oxygen atoms in total. The van der Waals surface area contributed by atoms with Crippen LogP contribution in [0.4, 0.5) is 0 Å². The van der Waals surface area contributed by atoms with Crippen LogP contribution in [0.15, 0.2) is 24.3 Å². The Morgan fingerprint density at radius 2 is 1.85 bits per heavy atom. The van der Waals surface area contributed by atoms with Gasteiger partial charge < -0.3 is 14.8 Å². The lowest BCUT2D eigenvalue weighted by atomic mass is 10.0. The number of rotatable bonds is 9. The first-order valence-electron chi connectivity index (χ1n) is 7.46. The predicted octanol–water partition coefficient (Wildman–Crippen LogP) is 3.42. The third-order valence-corrected chi connectivity index (χ3v) is 3.61. The zero-order valence-corrected chi connectivity index (χ0v) is 13.5. The highest BCUT2D eigenvalue weighted by Gasteiger charge is 2.15. The minimum absolute atomic E-state index is 0.158. The maximum atomic E-state index is 5.92. The van der Waals surface area contributed by atoms with Gasteiger partial charge in [0.2, 0.25) is 0 Å². The summed E-state index contributed by atoms with van der Waals surface area (Å²) in [6, 6.07) is 8.27. The van der Waals surface area contributed by atoms with Crippen molar-refractivity contribution in [3.05, 3.63) is 29.8 Å². The lowest BCUT2D eigenvalue weighted by molar-refractivity contribution is 0.198. The van der Waals surface area contributed by atoms with Gasteiger partial charge in [-0.2, -0.15) is 0 Å². The lowest BCUT2D eigenvalue weighted by Crippen LogP contribution is -2.43. The zero-order valence-electron chi connectivity index (χ0n) is 13.5. The van der Waals surface area contributed by atoms with E-state index in [9.17, 15) is 0 Å². The normalized spacial score (nSPS) is 13.2. The van der Waals surface area contributed by atoms with Gasteiger partial charge in [0.25, 0.3) is 0 Å². The maximum Gasteiger partial charge on any atom is 0.119 e. The molecule has 0 amide bonds. The van der Waals surface area contributed by atoms with Gasteiger partial charge in [-0.05, 0) is 51.3 Å². The van der Waals surface area contributed by atoms with Gasteiger partial charge in [-0.3, -0.25) is 0 Å². The van der Waals surface area contributed by atoms with Gasteiger partial charge >= 0.3 is 0 Å². The second kappa shape index (κ2) is 8.28. The van der Waals surface area contributed by atoms with Crippen molar-refractivity contribution in [2.24, 2.45) is 0 Å². The molecule has 0 aliphatic carbocycles. The van der Waals surface area contributed by atoms with E-state index in [1.807, 2.05) is 12.1 Å². The lowest BCUT2D eigenvalue weighted by Gasteiger charge is -2.27. The molecule has 1 aromatic rings. The van der Waals surface area contributed by atoms with Crippen LogP contribution in [0, 0.1) is 0 Å². The van der Waals surface area contributed by atoms with Crippen LogP contribution in [0.2, 0.25) is 0 Å². The second-order valence-electron chi connectivity index (χ2n) is 5.93. The van der Waals surface area contributed by atoms with Crippen LogP contribution in [-0.2, 0) is 11.2 Å². The smallest absolute Gasteiger partial charge is 0.119 e. The van der Waals surface area contributed by atoms with Crippen LogP contribution in [-0.4, -0.2) is 31.9 Å². The summed E-state index contributed by atoms with van der Waals surface area (Å²) >= 11 is 0. The quantitative estimate of drug-likeness (QED) is 0.751. The molecule has 0 aromatic heterocycles. The summed E-state index contributed by atoms with van der Waals surface area (Å²) in [4.78, 5) is 0. The standard InChI is InChI=1S/C17H29NO2/c1-6-17(3,4)18-13-14(2)20-16-9-7-15(8-10-16)11-12-19-5/h7-10,14,18H,6,11-13H2,1-5H3. The summed E-state index contributed by atoms with van der Waals surface area (Å²) in [6.45, 7) is 10.3. The van der Waals surface area contributed by atoms with E-state index in [-0.39, 0.29) is 11.6 Å². The van der Waals surface area contributed by atoms with Crippen LogP contribution >= 0.6 is 0 Å². The van der Waals surface area contributed by atoms with E-state index in [1.165, 1.54) is 5.56 Å². The molecule has 1 N–H and O–H groups in total. The monoisotopic (exact) mass is 279 g/mol. The molecule has 1 atom stereocenters. The topological polar surface area (TPSA) is 30.5 Å². The molecular formula is C17H29NO2. The molecular weight excluding hydrogens is 250 g/mol. The van der Waals surface area contributed by atoms with Crippen LogP contribution in [0.5, 0.6) is 5.75 Å². The van der Waals surface area contributed by atoms with Gasteiger partial charge in [0.1, 0.15) is 11.9 Å². The first-order valence-corrected chi connectivity index (χ1v) is 7.46. The first kappa shape index (κ1) is 17.0. The molecule has 0 aliphatic heterocycles. The third-order valence-electron chi connectivity index (χ3n) is 3.61. The van der Waals surface area contributed by atoms with Crippen molar-refractivity contribution in [1.29, 1.82) is 0 Å². The molecule has 0 aliphatic rings. The minimum atomic E-state index is 0.158. The average molecular weight is 279 g/mol. The molecule has 1 rings (SSSR count). The van der Waals surface area contributed by atoms with E-state index in [0.29, 0.717) is 0 Å². The van der Waals surface area contributed by atoms with Crippen LogP contribution in [0.1, 0.15) is 39.7 Å². The van der Waals surface area contributed by atoms with E-state index in [2.05, 4.69) is 45.1 Å². The molecule has 114 valence electrons. The van der Waals surface area contributed by atoms with Crippen molar-refractivity contribution < 1.29 is 9.47 Å². The van der Waals surface area contributed by atoms with Crippen LogP contribution in [0.25, 0.3) is 0 Å².